The topological polar surface area (TPSA) is 70.1 Å². The van der Waals surface area contributed by atoms with Gasteiger partial charge in [-0.3, -0.25) is 0 Å². The van der Waals surface area contributed by atoms with E-state index in [1.54, 1.807) is 6.20 Å². The summed E-state index contributed by atoms with van der Waals surface area (Å²) < 4.78 is 0. The Balaban J connectivity index is 2.19. The fourth-order valence-electron chi connectivity index (χ4n) is 2.61. The van der Waals surface area contributed by atoms with Crippen LogP contribution in [0.3, 0.4) is 0 Å². The van der Waals surface area contributed by atoms with Crippen LogP contribution in [-0.4, -0.2) is 28.2 Å². The van der Waals surface area contributed by atoms with Crippen molar-refractivity contribution in [2.45, 2.75) is 52.4 Å². The molecule has 23 heavy (non-hydrogen) atoms. The summed E-state index contributed by atoms with van der Waals surface area (Å²) >= 11 is 0. The summed E-state index contributed by atoms with van der Waals surface area (Å²) in [6.07, 6.45) is 10.2. The van der Waals surface area contributed by atoms with E-state index in [4.69, 9.17) is 0 Å². The predicted octanol–water partition coefficient (Wildman–Crippen LogP) is 4.54. The molecule has 0 radical (unpaired) electrons. The minimum atomic E-state index is 0.206. The fraction of sp³-hybridized carbons (Fsp3) is 0.556. The molecule has 0 aliphatic rings. The molecule has 0 fully saturated rings. The van der Waals surface area contributed by atoms with Gasteiger partial charge in [-0.1, -0.05) is 39.5 Å². The van der Waals surface area contributed by atoms with E-state index < -0.39 is 0 Å². The third-order valence-corrected chi connectivity index (χ3v) is 3.96. The van der Waals surface area contributed by atoms with Crippen LogP contribution in [0.15, 0.2) is 18.6 Å². The number of aromatic nitrogens is 2. The zero-order chi connectivity index (χ0) is 16.5. The molecule has 2 rings (SSSR count). The van der Waals surface area contributed by atoms with Crippen LogP contribution in [0.4, 0.5) is 11.4 Å². The van der Waals surface area contributed by atoms with E-state index in [1.165, 1.54) is 32.0 Å². The van der Waals surface area contributed by atoms with Crippen LogP contribution in [0.1, 0.15) is 52.4 Å². The minimum absolute atomic E-state index is 0.206. The van der Waals surface area contributed by atoms with Gasteiger partial charge in [0.2, 0.25) is 0 Å². The van der Waals surface area contributed by atoms with Gasteiger partial charge in [0.15, 0.2) is 5.75 Å². The van der Waals surface area contributed by atoms with Crippen molar-refractivity contribution >= 4 is 22.3 Å². The first-order valence-electron chi connectivity index (χ1n) is 8.71. The molecule has 0 aliphatic carbocycles. The maximum Gasteiger partial charge on any atom is 0.165 e. The number of rotatable bonds is 10. The van der Waals surface area contributed by atoms with Crippen LogP contribution >= 0.6 is 0 Å². The standard InChI is InChI=1S/C18H28N4O/c1-3-5-7-9-20-15-11-16(21-10-8-6-4-2)18(23)17-14(15)12-19-13-22-17/h11-13,20-21,23H,3-10H2,1-2H3. The van der Waals surface area contributed by atoms with Crippen molar-refractivity contribution in [3.63, 3.8) is 0 Å². The molecule has 1 aromatic carbocycles. The maximum absolute atomic E-state index is 10.5. The van der Waals surface area contributed by atoms with Gasteiger partial charge in [-0.25, -0.2) is 9.97 Å². The first kappa shape index (κ1) is 17.3. The molecule has 2 aromatic rings. The van der Waals surface area contributed by atoms with E-state index >= 15 is 0 Å². The van der Waals surface area contributed by atoms with Crippen LogP contribution in [0, 0.1) is 0 Å². The molecule has 5 heteroatoms. The number of aromatic hydroxyl groups is 1. The van der Waals surface area contributed by atoms with E-state index in [-0.39, 0.29) is 5.75 Å². The normalized spacial score (nSPS) is 10.9. The first-order valence-corrected chi connectivity index (χ1v) is 8.71. The summed E-state index contributed by atoms with van der Waals surface area (Å²) in [5.74, 6) is 0.206. The van der Waals surface area contributed by atoms with Crippen molar-refractivity contribution in [2.75, 3.05) is 23.7 Å². The number of unbranched alkanes of at least 4 members (excludes halogenated alkanes) is 4. The fourth-order valence-corrected chi connectivity index (χ4v) is 2.61. The summed E-state index contributed by atoms with van der Waals surface area (Å²) in [4.78, 5) is 8.34. The summed E-state index contributed by atoms with van der Waals surface area (Å²) in [5, 5.41) is 18.1. The van der Waals surface area contributed by atoms with E-state index in [0.29, 0.717) is 5.52 Å². The van der Waals surface area contributed by atoms with Crippen molar-refractivity contribution in [2.24, 2.45) is 0 Å². The average Bonchev–Trinajstić information content (AvgIpc) is 2.58. The Bertz CT molecular complexity index is 615. The quantitative estimate of drug-likeness (QED) is 0.341. The molecule has 1 heterocycles. The number of phenolic OH excluding ortho intramolecular Hbond substituents is 1. The molecular weight excluding hydrogens is 288 g/mol. The minimum Gasteiger partial charge on any atom is -0.504 e. The summed E-state index contributed by atoms with van der Waals surface area (Å²) in [7, 11) is 0. The second kappa shape index (κ2) is 9.18. The number of hydrogen-bond acceptors (Lipinski definition) is 5. The van der Waals surface area contributed by atoms with E-state index in [1.807, 2.05) is 6.07 Å². The number of phenols is 1. The van der Waals surface area contributed by atoms with Gasteiger partial charge < -0.3 is 15.7 Å². The number of nitrogens with zero attached hydrogens (tertiary/aromatic N) is 2. The molecule has 1 aromatic heterocycles. The highest BCUT2D eigenvalue weighted by molar-refractivity contribution is 5.99. The molecule has 3 N–H and O–H groups in total. The zero-order valence-corrected chi connectivity index (χ0v) is 14.2. The molecule has 0 saturated carbocycles. The maximum atomic E-state index is 10.5. The second-order valence-corrected chi connectivity index (χ2v) is 5.87. The molecular formula is C18H28N4O. The van der Waals surface area contributed by atoms with Crippen molar-refractivity contribution < 1.29 is 5.11 Å². The summed E-state index contributed by atoms with van der Waals surface area (Å²) in [6, 6.07) is 1.97. The molecule has 0 aliphatic heterocycles. The van der Waals surface area contributed by atoms with Gasteiger partial charge in [0.25, 0.3) is 0 Å². The number of fused-ring (bicyclic) bond motifs is 1. The molecule has 0 atom stereocenters. The average molecular weight is 316 g/mol. The number of anilines is 2. The molecule has 0 saturated heterocycles. The van der Waals surface area contributed by atoms with Gasteiger partial charge in [0.1, 0.15) is 11.8 Å². The monoisotopic (exact) mass is 316 g/mol. The Kier molecular flexibility index (Phi) is 6.91. The SMILES string of the molecule is CCCCCNc1cc(NCCCCC)c2cncnc2c1O. The number of hydrogen-bond donors (Lipinski definition) is 3. The van der Waals surface area contributed by atoms with Crippen LogP contribution < -0.4 is 10.6 Å². The van der Waals surface area contributed by atoms with Crippen molar-refractivity contribution in [1.29, 1.82) is 0 Å². The Hall–Kier alpha value is -2.04. The van der Waals surface area contributed by atoms with Crippen LogP contribution in [0.5, 0.6) is 5.75 Å². The zero-order valence-electron chi connectivity index (χ0n) is 14.2. The molecule has 5 nitrogen and oxygen atoms in total. The van der Waals surface area contributed by atoms with E-state index in [2.05, 4.69) is 34.4 Å². The molecule has 0 amide bonds. The third-order valence-electron chi connectivity index (χ3n) is 3.96. The lowest BCUT2D eigenvalue weighted by Crippen LogP contribution is -2.06. The van der Waals surface area contributed by atoms with Gasteiger partial charge >= 0.3 is 0 Å². The Morgan fingerprint density at radius 2 is 1.61 bits per heavy atom. The van der Waals surface area contributed by atoms with Gasteiger partial charge in [-0.2, -0.15) is 0 Å². The lowest BCUT2D eigenvalue weighted by molar-refractivity contribution is 0.482. The lowest BCUT2D eigenvalue weighted by atomic mass is 10.1. The predicted molar refractivity (Wildman–Crippen MR) is 97.2 cm³/mol. The third kappa shape index (κ3) is 4.71. The van der Waals surface area contributed by atoms with Crippen molar-refractivity contribution in [3.8, 4) is 5.75 Å². The molecule has 0 unspecified atom stereocenters. The molecule has 126 valence electrons. The first-order chi connectivity index (χ1) is 11.3. The van der Waals surface area contributed by atoms with Gasteiger partial charge in [-0.05, 0) is 18.9 Å². The highest BCUT2D eigenvalue weighted by Gasteiger charge is 2.12. The van der Waals surface area contributed by atoms with E-state index in [9.17, 15) is 5.11 Å². The van der Waals surface area contributed by atoms with Crippen molar-refractivity contribution in [3.05, 3.63) is 18.6 Å². The molecule has 0 bridgehead atoms. The van der Waals surface area contributed by atoms with Gasteiger partial charge in [0, 0.05) is 30.4 Å². The highest BCUT2D eigenvalue weighted by atomic mass is 16.3. The van der Waals surface area contributed by atoms with Gasteiger partial charge in [0.05, 0.1) is 5.69 Å². The Labute approximate surface area is 138 Å². The molecule has 0 spiro atoms. The Morgan fingerprint density at radius 3 is 2.26 bits per heavy atom. The van der Waals surface area contributed by atoms with Crippen LogP contribution in [-0.2, 0) is 0 Å². The van der Waals surface area contributed by atoms with Gasteiger partial charge in [-0.15, -0.1) is 0 Å². The second-order valence-electron chi connectivity index (χ2n) is 5.87. The number of benzene rings is 1. The Morgan fingerprint density at radius 1 is 0.957 bits per heavy atom. The van der Waals surface area contributed by atoms with Crippen LogP contribution in [0.2, 0.25) is 0 Å². The lowest BCUT2D eigenvalue weighted by Gasteiger charge is -2.15. The van der Waals surface area contributed by atoms with E-state index in [0.717, 1.165) is 42.7 Å². The smallest absolute Gasteiger partial charge is 0.165 e. The highest BCUT2D eigenvalue weighted by Crippen LogP contribution is 2.36. The van der Waals surface area contributed by atoms with Crippen molar-refractivity contribution in [1.82, 2.24) is 9.97 Å². The summed E-state index contributed by atoms with van der Waals surface area (Å²) in [6.45, 7) is 6.15. The summed E-state index contributed by atoms with van der Waals surface area (Å²) in [5.41, 5.74) is 2.32. The largest absolute Gasteiger partial charge is 0.504 e. The number of nitrogens with one attached hydrogen (secondary N) is 2. The van der Waals surface area contributed by atoms with Crippen LogP contribution in [0.25, 0.3) is 10.9 Å².